The number of hydrogen-bond donors (Lipinski definition) is 1. The van der Waals surface area contributed by atoms with E-state index in [1.807, 2.05) is 42.5 Å². The number of H-pyrrole nitrogens is 1. The topological polar surface area (TPSA) is 79.5 Å². The van der Waals surface area contributed by atoms with E-state index in [0.717, 1.165) is 43.3 Å². The van der Waals surface area contributed by atoms with Gasteiger partial charge < -0.3 is 9.72 Å². The average Bonchev–Trinajstić information content (AvgIpc) is 3.74. The zero-order valence-electron chi connectivity index (χ0n) is 23.3. The highest BCUT2D eigenvalue weighted by Gasteiger charge is 2.70. The number of halogens is 4. The van der Waals surface area contributed by atoms with Crippen molar-refractivity contribution in [2.75, 3.05) is 4.90 Å². The van der Waals surface area contributed by atoms with Crippen molar-refractivity contribution in [2.24, 2.45) is 29.6 Å². The molecule has 1 saturated heterocycles. The Morgan fingerprint density at radius 1 is 0.933 bits per heavy atom. The lowest BCUT2D eigenvalue weighted by molar-refractivity contribution is -0.137. The maximum absolute atomic E-state index is 14.0. The number of aromatic amines is 1. The van der Waals surface area contributed by atoms with Crippen molar-refractivity contribution < 1.29 is 27.5 Å². The number of rotatable bonds is 5. The number of aromatic nitrogens is 1. The summed E-state index contributed by atoms with van der Waals surface area (Å²) in [5.41, 5.74) is 0.336. The number of amides is 2. The molecule has 0 spiro atoms. The first-order valence-electron chi connectivity index (χ1n) is 14.5. The first-order valence-corrected chi connectivity index (χ1v) is 16.6. The van der Waals surface area contributed by atoms with Gasteiger partial charge in [0, 0.05) is 26.6 Å². The SMILES string of the molecule is O=C1[C@H]2[C@H]3C[C@@H]([C@@H]2C(=O)N1c1ccccc1C(F)(F)F)[C@H]1[C@H](c2ccccc2OCc2cccc(Cl)c2)c2sc(=O)[nH]c2S[C@H]31. The molecule has 1 aromatic heterocycles. The van der Waals surface area contributed by atoms with Crippen LogP contribution >= 0.6 is 34.7 Å². The number of nitrogens with zero attached hydrogens (tertiary/aromatic N) is 1. The van der Waals surface area contributed by atoms with Crippen molar-refractivity contribution in [1.29, 1.82) is 0 Å². The van der Waals surface area contributed by atoms with Crippen LogP contribution in [-0.2, 0) is 22.4 Å². The molecule has 2 bridgehead atoms. The minimum Gasteiger partial charge on any atom is -0.489 e. The van der Waals surface area contributed by atoms with Gasteiger partial charge >= 0.3 is 11.0 Å². The lowest BCUT2D eigenvalue weighted by Crippen LogP contribution is -2.42. The molecule has 3 aromatic carbocycles. The summed E-state index contributed by atoms with van der Waals surface area (Å²) in [6, 6.07) is 19.8. The van der Waals surface area contributed by atoms with Gasteiger partial charge in [0.15, 0.2) is 0 Å². The summed E-state index contributed by atoms with van der Waals surface area (Å²) in [4.78, 5) is 45.0. The van der Waals surface area contributed by atoms with Gasteiger partial charge in [-0.2, -0.15) is 13.2 Å². The third-order valence-electron chi connectivity index (χ3n) is 9.71. The number of thiazole rings is 1. The van der Waals surface area contributed by atoms with Gasteiger partial charge in [-0.1, -0.05) is 65.4 Å². The van der Waals surface area contributed by atoms with Gasteiger partial charge in [0.1, 0.15) is 12.4 Å². The Bertz CT molecular complexity index is 1930. The molecule has 45 heavy (non-hydrogen) atoms. The summed E-state index contributed by atoms with van der Waals surface area (Å²) in [5.74, 6) is -2.87. The van der Waals surface area contributed by atoms with E-state index in [-0.39, 0.29) is 40.4 Å². The smallest absolute Gasteiger partial charge is 0.418 e. The lowest BCUT2D eigenvalue weighted by atomic mass is 9.68. The Hall–Kier alpha value is -3.54. The summed E-state index contributed by atoms with van der Waals surface area (Å²) < 4.78 is 48.3. The minimum atomic E-state index is -4.72. The second-order valence-electron chi connectivity index (χ2n) is 11.9. The van der Waals surface area contributed by atoms with E-state index in [1.165, 1.54) is 30.0 Å². The number of hydrogen-bond acceptors (Lipinski definition) is 6. The van der Waals surface area contributed by atoms with Crippen LogP contribution in [0.1, 0.15) is 33.9 Å². The summed E-state index contributed by atoms with van der Waals surface area (Å²) in [6.45, 7) is 0.265. The number of alkyl halides is 3. The first kappa shape index (κ1) is 28.9. The Balaban J connectivity index is 1.19. The van der Waals surface area contributed by atoms with Crippen molar-refractivity contribution in [3.05, 3.63) is 109 Å². The van der Waals surface area contributed by atoms with Crippen LogP contribution < -0.4 is 14.5 Å². The third kappa shape index (κ3) is 4.49. The lowest BCUT2D eigenvalue weighted by Gasteiger charge is -2.43. The molecule has 4 aromatic rings. The van der Waals surface area contributed by atoms with E-state index < -0.39 is 41.1 Å². The molecule has 6 nitrogen and oxygen atoms in total. The highest BCUT2D eigenvalue weighted by Crippen LogP contribution is 2.69. The van der Waals surface area contributed by atoms with Gasteiger partial charge in [-0.05, 0) is 60.1 Å². The van der Waals surface area contributed by atoms with E-state index >= 15 is 0 Å². The predicted molar refractivity (Wildman–Crippen MR) is 165 cm³/mol. The summed E-state index contributed by atoms with van der Waals surface area (Å²) in [7, 11) is 0. The standard InChI is InChI=1S/C33H24ClF3N2O4S2/c34-16-7-5-6-15(12-16)14-43-22-11-4-1-8-17(22)23-24-18-13-19(27(24)44-29-28(23)45-32(42)38-29)26-25(18)30(40)39(31(26)41)21-10-3-2-9-20(21)33(35,36)37/h1-12,18-19,23-27H,13-14H2,(H,38,42)/t18-,19-,23+,24+,25+,26+,27-/m1/s1. The maximum atomic E-state index is 14.0. The molecule has 2 saturated carbocycles. The van der Waals surface area contributed by atoms with E-state index in [9.17, 15) is 27.6 Å². The molecule has 0 radical (unpaired) electrons. The second-order valence-corrected chi connectivity index (χ2v) is 14.6. The maximum Gasteiger partial charge on any atom is 0.418 e. The number of nitrogens with one attached hydrogen (secondary N) is 1. The third-order valence-corrected chi connectivity index (χ3v) is 12.5. The Kier molecular flexibility index (Phi) is 6.74. The molecule has 230 valence electrons. The second kappa shape index (κ2) is 10.5. The number of benzene rings is 3. The molecule has 7 atom stereocenters. The fourth-order valence-corrected chi connectivity index (χ4v) is 11.3. The molecule has 12 heteroatoms. The molecule has 3 fully saturated rings. The summed E-state index contributed by atoms with van der Waals surface area (Å²) in [6.07, 6.45) is -4.11. The molecule has 0 unspecified atom stereocenters. The van der Waals surface area contributed by atoms with Gasteiger partial charge in [-0.25, -0.2) is 4.90 Å². The number of thioether (sulfide) groups is 1. The largest absolute Gasteiger partial charge is 0.489 e. The average molecular weight is 669 g/mol. The van der Waals surface area contributed by atoms with Gasteiger partial charge in [0.05, 0.1) is 28.1 Å². The molecule has 2 amide bonds. The van der Waals surface area contributed by atoms with Gasteiger partial charge in [0.2, 0.25) is 11.8 Å². The van der Waals surface area contributed by atoms with Crippen molar-refractivity contribution in [3.8, 4) is 5.75 Å². The summed E-state index contributed by atoms with van der Waals surface area (Å²) >= 11 is 8.83. The van der Waals surface area contributed by atoms with E-state index in [0.29, 0.717) is 17.2 Å². The van der Waals surface area contributed by atoms with Crippen LogP contribution in [-0.4, -0.2) is 22.0 Å². The zero-order valence-corrected chi connectivity index (χ0v) is 25.7. The monoisotopic (exact) mass is 668 g/mol. The zero-order chi connectivity index (χ0) is 31.2. The number of imide groups is 1. The van der Waals surface area contributed by atoms with Crippen LogP contribution in [0, 0.1) is 29.6 Å². The number of carbonyl (C=O) groups is 2. The van der Waals surface area contributed by atoms with E-state index in [1.54, 1.807) is 6.07 Å². The number of ether oxygens (including phenoxy) is 1. The van der Waals surface area contributed by atoms with Crippen LogP contribution in [0.4, 0.5) is 18.9 Å². The number of fused-ring (bicyclic) bond motifs is 9. The summed E-state index contributed by atoms with van der Waals surface area (Å²) in [5, 5.41) is 1.22. The predicted octanol–water partition coefficient (Wildman–Crippen LogP) is 7.37. The number of carbonyl (C=O) groups excluding carboxylic acids is 2. The van der Waals surface area contributed by atoms with Crippen LogP contribution in [0.3, 0.4) is 0 Å². The van der Waals surface area contributed by atoms with Crippen LogP contribution in [0.15, 0.2) is 82.6 Å². The molecule has 4 aliphatic rings. The van der Waals surface area contributed by atoms with Gasteiger partial charge in [-0.15, -0.1) is 11.8 Å². The Morgan fingerprint density at radius 2 is 1.67 bits per heavy atom. The van der Waals surface area contributed by atoms with E-state index in [2.05, 4.69) is 4.98 Å². The first-order chi connectivity index (χ1) is 21.6. The molecule has 3 heterocycles. The highest BCUT2D eigenvalue weighted by molar-refractivity contribution is 8.00. The molecule has 1 N–H and O–H groups in total. The van der Waals surface area contributed by atoms with Crippen LogP contribution in [0.2, 0.25) is 5.02 Å². The van der Waals surface area contributed by atoms with Gasteiger partial charge in [0.25, 0.3) is 0 Å². The van der Waals surface area contributed by atoms with Crippen molar-refractivity contribution >= 4 is 52.2 Å². The fourth-order valence-electron chi connectivity index (χ4n) is 8.17. The Labute approximate surface area is 268 Å². The number of para-hydroxylation sites is 2. The van der Waals surface area contributed by atoms with Crippen molar-refractivity contribution in [1.82, 2.24) is 4.98 Å². The fraction of sp³-hybridized carbons (Fsp3) is 0.303. The Morgan fingerprint density at radius 3 is 2.44 bits per heavy atom. The van der Waals surface area contributed by atoms with Crippen LogP contribution in [0.5, 0.6) is 5.75 Å². The molecule has 2 aliphatic heterocycles. The molecular formula is C33H24ClF3N2O4S2. The normalized spacial score (nSPS) is 28.3. The highest BCUT2D eigenvalue weighted by atomic mass is 35.5. The minimum absolute atomic E-state index is 0.116. The van der Waals surface area contributed by atoms with E-state index in [4.69, 9.17) is 16.3 Å². The van der Waals surface area contributed by atoms with Gasteiger partial charge in [-0.3, -0.25) is 14.4 Å². The molecule has 2 aliphatic carbocycles. The number of anilines is 1. The van der Waals surface area contributed by atoms with Crippen molar-refractivity contribution in [2.45, 2.75) is 35.4 Å². The molecule has 8 rings (SSSR count). The molecular weight excluding hydrogens is 645 g/mol. The van der Waals surface area contributed by atoms with Crippen LogP contribution in [0.25, 0.3) is 0 Å². The quantitative estimate of drug-likeness (QED) is 0.225. The van der Waals surface area contributed by atoms with Crippen molar-refractivity contribution in [3.63, 3.8) is 0 Å².